The van der Waals surface area contributed by atoms with Gasteiger partial charge in [0.15, 0.2) is 0 Å². The first-order chi connectivity index (χ1) is 8.65. The van der Waals surface area contributed by atoms with E-state index in [0.717, 1.165) is 12.5 Å². The number of rotatable bonds is 6. The monoisotopic (exact) mass is 267 g/mol. The summed E-state index contributed by atoms with van der Waals surface area (Å²) in [7, 11) is 0. The summed E-state index contributed by atoms with van der Waals surface area (Å²) in [6.45, 7) is 11.3. The Kier molecular flexibility index (Phi) is 5.15. The number of aromatic nitrogens is 1. The minimum Gasteiger partial charge on any atom is -0.313 e. The Balaban J connectivity index is 1.93. The van der Waals surface area contributed by atoms with Crippen LogP contribution in [0, 0.1) is 12.8 Å². The molecule has 0 bridgehead atoms. The lowest BCUT2D eigenvalue weighted by molar-refractivity contribution is 0.217. The highest BCUT2D eigenvalue weighted by molar-refractivity contribution is 7.09. The van der Waals surface area contributed by atoms with Crippen LogP contribution in [-0.4, -0.2) is 35.6 Å². The Morgan fingerprint density at radius 1 is 1.56 bits per heavy atom. The molecule has 1 atom stereocenters. The van der Waals surface area contributed by atoms with E-state index >= 15 is 0 Å². The van der Waals surface area contributed by atoms with Crippen molar-refractivity contribution in [1.29, 1.82) is 0 Å². The first kappa shape index (κ1) is 14.0. The third kappa shape index (κ3) is 4.04. The molecule has 1 saturated heterocycles. The Morgan fingerprint density at radius 3 is 2.94 bits per heavy atom. The van der Waals surface area contributed by atoms with Crippen molar-refractivity contribution in [2.24, 2.45) is 5.92 Å². The molecule has 2 rings (SSSR count). The van der Waals surface area contributed by atoms with Crippen molar-refractivity contribution in [2.45, 2.75) is 46.2 Å². The fraction of sp³-hybridized carbons (Fsp3) is 0.786. The highest BCUT2D eigenvalue weighted by Gasteiger charge is 2.19. The number of hydrogen-bond acceptors (Lipinski definition) is 4. The summed E-state index contributed by atoms with van der Waals surface area (Å²) in [5, 5.41) is 3.60. The van der Waals surface area contributed by atoms with Crippen LogP contribution in [0.5, 0.6) is 0 Å². The molecule has 0 radical (unpaired) electrons. The average Bonchev–Trinajstić information content (AvgIpc) is 2.91. The largest absolute Gasteiger partial charge is 0.313 e. The Hall–Kier alpha value is -0.450. The van der Waals surface area contributed by atoms with Gasteiger partial charge in [-0.1, -0.05) is 13.8 Å². The topological polar surface area (TPSA) is 28.2 Å². The van der Waals surface area contributed by atoms with Crippen molar-refractivity contribution >= 4 is 11.3 Å². The first-order valence-electron chi connectivity index (χ1n) is 7.00. The Morgan fingerprint density at radius 2 is 2.39 bits per heavy atom. The van der Waals surface area contributed by atoms with Crippen LogP contribution in [0.2, 0.25) is 0 Å². The van der Waals surface area contributed by atoms with E-state index in [9.17, 15) is 0 Å². The molecule has 18 heavy (non-hydrogen) atoms. The van der Waals surface area contributed by atoms with Crippen LogP contribution in [0.1, 0.15) is 37.3 Å². The third-order valence-electron chi connectivity index (χ3n) is 3.48. The average molecular weight is 267 g/mol. The molecule has 1 aromatic rings. The minimum absolute atomic E-state index is 0.692. The summed E-state index contributed by atoms with van der Waals surface area (Å²) in [4.78, 5) is 8.37. The van der Waals surface area contributed by atoms with Gasteiger partial charge in [0.05, 0.1) is 11.2 Å². The zero-order valence-electron chi connectivity index (χ0n) is 11.8. The van der Waals surface area contributed by atoms with E-state index in [0.29, 0.717) is 6.04 Å². The lowest BCUT2D eigenvalue weighted by atomic mass is 10.1. The second-order valence-electron chi connectivity index (χ2n) is 5.74. The number of hydrogen-bond donors (Lipinski definition) is 1. The zero-order valence-corrected chi connectivity index (χ0v) is 12.6. The van der Waals surface area contributed by atoms with Crippen LogP contribution in [-0.2, 0) is 6.54 Å². The third-order valence-corrected chi connectivity index (χ3v) is 4.40. The molecule has 3 nitrogen and oxygen atoms in total. The van der Waals surface area contributed by atoms with Gasteiger partial charge in [0.25, 0.3) is 0 Å². The number of nitrogens with one attached hydrogen (secondary N) is 1. The van der Waals surface area contributed by atoms with Gasteiger partial charge in [-0.3, -0.25) is 4.90 Å². The quantitative estimate of drug-likeness (QED) is 0.859. The maximum atomic E-state index is 4.36. The lowest BCUT2D eigenvalue weighted by Gasteiger charge is -2.27. The van der Waals surface area contributed by atoms with Crippen molar-refractivity contribution in [1.82, 2.24) is 15.2 Å². The summed E-state index contributed by atoms with van der Waals surface area (Å²) in [6, 6.07) is 0.692. The predicted octanol–water partition coefficient (Wildman–Crippen LogP) is 2.66. The summed E-state index contributed by atoms with van der Waals surface area (Å²) in [5.74, 6) is 0.722. The first-order valence-corrected chi connectivity index (χ1v) is 7.88. The van der Waals surface area contributed by atoms with Gasteiger partial charge in [-0.05, 0) is 32.2 Å². The van der Waals surface area contributed by atoms with E-state index in [4.69, 9.17) is 0 Å². The number of aryl methyl sites for hydroxylation is 1. The standard InChI is InChI=1S/C14H25N3S/c1-11(2)7-17(8-13-5-4-6-15-13)9-14-12(3)16-10-18-14/h10-11,13,15H,4-9H2,1-3H3. The molecule has 1 aliphatic rings. The SMILES string of the molecule is Cc1ncsc1CN(CC(C)C)CC1CCCN1. The molecule has 0 aromatic carbocycles. The minimum atomic E-state index is 0.692. The summed E-state index contributed by atoms with van der Waals surface area (Å²) in [6.07, 6.45) is 2.66. The van der Waals surface area contributed by atoms with Crippen LogP contribution < -0.4 is 5.32 Å². The smallest absolute Gasteiger partial charge is 0.0798 e. The molecule has 0 saturated carbocycles. The van der Waals surface area contributed by atoms with E-state index in [1.807, 2.05) is 5.51 Å². The van der Waals surface area contributed by atoms with Crippen molar-refractivity contribution in [3.63, 3.8) is 0 Å². The summed E-state index contributed by atoms with van der Waals surface area (Å²) in [5.41, 5.74) is 3.17. The Bertz CT molecular complexity index is 356. The van der Waals surface area contributed by atoms with Crippen molar-refractivity contribution in [2.75, 3.05) is 19.6 Å². The Labute approximate surface area is 115 Å². The highest BCUT2D eigenvalue weighted by Crippen LogP contribution is 2.17. The molecule has 102 valence electrons. The van der Waals surface area contributed by atoms with Gasteiger partial charge in [-0.2, -0.15) is 0 Å². The lowest BCUT2D eigenvalue weighted by Crippen LogP contribution is -2.38. The van der Waals surface area contributed by atoms with Crippen LogP contribution in [0.4, 0.5) is 0 Å². The second-order valence-corrected chi connectivity index (χ2v) is 6.68. The highest BCUT2D eigenvalue weighted by atomic mass is 32.1. The predicted molar refractivity (Wildman–Crippen MR) is 78.0 cm³/mol. The van der Waals surface area contributed by atoms with Crippen LogP contribution >= 0.6 is 11.3 Å². The fourth-order valence-electron chi connectivity index (χ4n) is 2.63. The summed E-state index contributed by atoms with van der Waals surface area (Å²) < 4.78 is 0. The van der Waals surface area contributed by atoms with Crippen LogP contribution in [0.25, 0.3) is 0 Å². The van der Waals surface area contributed by atoms with Crippen molar-refractivity contribution in [3.8, 4) is 0 Å². The molecule has 0 spiro atoms. The van der Waals surface area contributed by atoms with Crippen molar-refractivity contribution in [3.05, 3.63) is 16.1 Å². The summed E-state index contributed by atoms with van der Waals surface area (Å²) >= 11 is 1.79. The van der Waals surface area contributed by atoms with E-state index in [-0.39, 0.29) is 0 Å². The normalized spacial score (nSPS) is 20.2. The number of nitrogens with zero attached hydrogens (tertiary/aromatic N) is 2. The van der Waals surface area contributed by atoms with E-state index in [1.165, 1.54) is 43.0 Å². The molecule has 0 aliphatic carbocycles. The second kappa shape index (κ2) is 6.64. The van der Waals surface area contributed by atoms with Gasteiger partial charge in [-0.25, -0.2) is 4.98 Å². The molecule has 1 fully saturated rings. The fourth-order valence-corrected chi connectivity index (χ4v) is 3.44. The molecule has 1 aromatic heterocycles. The van der Waals surface area contributed by atoms with Gasteiger partial charge in [0, 0.05) is 30.6 Å². The number of thiazole rings is 1. The van der Waals surface area contributed by atoms with E-state index < -0.39 is 0 Å². The van der Waals surface area contributed by atoms with Gasteiger partial charge < -0.3 is 5.32 Å². The molecule has 1 unspecified atom stereocenters. The molecular formula is C14H25N3S. The molecule has 2 heterocycles. The maximum absolute atomic E-state index is 4.36. The van der Waals surface area contributed by atoms with E-state index in [2.05, 4.69) is 36.0 Å². The van der Waals surface area contributed by atoms with Gasteiger partial charge in [-0.15, -0.1) is 11.3 Å². The van der Waals surface area contributed by atoms with Crippen LogP contribution in [0.15, 0.2) is 5.51 Å². The maximum Gasteiger partial charge on any atom is 0.0798 e. The van der Waals surface area contributed by atoms with Crippen LogP contribution in [0.3, 0.4) is 0 Å². The molecule has 1 N–H and O–H groups in total. The molecule has 4 heteroatoms. The van der Waals surface area contributed by atoms with Crippen molar-refractivity contribution < 1.29 is 0 Å². The molecule has 1 aliphatic heterocycles. The van der Waals surface area contributed by atoms with E-state index in [1.54, 1.807) is 11.3 Å². The van der Waals surface area contributed by atoms with Gasteiger partial charge in [0.1, 0.15) is 0 Å². The zero-order chi connectivity index (χ0) is 13.0. The van der Waals surface area contributed by atoms with Gasteiger partial charge >= 0.3 is 0 Å². The molecular weight excluding hydrogens is 242 g/mol. The van der Waals surface area contributed by atoms with Gasteiger partial charge in [0.2, 0.25) is 0 Å². The molecule has 0 amide bonds.